The molecule has 0 aromatic carbocycles. The lowest BCUT2D eigenvalue weighted by molar-refractivity contribution is 0.0977. The summed E-state index contributed by atoms with van der Waals surface area (Å²) in [4.78, 5) is 28.9. The minimum absolute atomic E-state index is 0.0395. The number of fused-ring (bicyclic) bond motifs is 1. The second-order valence-electron chi connectivity index (χ2n) is 5.87. The number of carbonyl (C=O) groups excluding carboxylic acids is 1. The Hall–Kier alpha value is -2.31. The van der Waals surface area contributed by atoms with Crippen molar-refractivity contribution in [2.24, 2.45) is 0 Å². The molecule has 1 aliphatic carbocycles. The Balaban J connectivity index is 1.96. The molecule has 0 amide bonds. The molecule has 1 aliphatic rings. The van der Waals surface area contributed by atoms with Gasteiger partial charge in [0.2, 0.25) is 11.8 Å². The second-order valence-corrected chi connectivity index (χ2v) is 5.87. The number of nitrogens with zero attached hydrogens (tertiary/aromatic N) is 4. The SMILES string of the molecule is CCCC(=O)c1cnc2nc(N)nc(OC3CCCCC3)c2n1. The highest BCUT2D eigenvalue weighted by Gasteiger charge is 2.20. The number of ether oxygens (including phenoxy) is 1. The average molecular weight is 315 g/mol. The Bertz CT molecular complexity index is 713. The van der Waals surface area contributed by atoms with Gasteiger partial charge in [-0.2, -0.15) is 9.97 Å². The first-order chi connectivity index (χ1) is 11.2. The highest BCUT2D eigenvalue weighted by molar-refractivity contribution is 5.95. The molecule has 122 valence electrons. The number of hydrogen-bond donors (Lipinski definition) is 1. The van der Waals surface area contributed by atoms with Crippen LogP contribution >= 0.6 is 0 Å². The molecule has 7 heteroatoms. The van der Waals surface area contributed by atoms with Gasteiger partial charge in [-0.3, -0.25) is 4.79 Å². The van der Waals surface area contributed by atoms with Gasteiger partial charge in [0.1, 0.15) is 11.8 Å². The number of Topliss-reactive ketones (excluding diaryl/α,β-unsaturated/α-hetero) is 1. The monoisotopic (exact) mass is 315 g/mol. The van der Waals surface area contributed by atoms with Crippen molar-refractivity contribution < 1.29 is 9.53 Å². The molecule has 2 aromatic rings. The maximum absolute atomic E-state index is 12.0. The van der Waals surface area contributed by atoms with Crippen LogP contribution in [0, 0.1) is 0 Å². The van der Waals surface area contributed by atoms with Gasteiger partial charge in [0.25, 0.3) is 0 Å². The summed E-state index contributed by atoms with van der Waals surface area (Å²) in [5.74, 6) is 0.394. The van der Waals surface area contributed by atoms with Crippen molar-refractivity contribution in [1.82, 2.24) is 19.9 Å². The summed E-state index contributed by atoms with van der Waals surface area (Å²) >= 11 is 0. The third-order valence-corrected chi connectivity index (χ3v) is 3.99. The Labute approximate surface area is 134 Å². The number of rotatable bonds is 5. The van der Waals surface area contributed by atoms with Crippen molar-refractivity contribution in [3.05, 3.63) is 11.9 Å². The molecule has 23 heavy (non-hydrogen) atoms. The molecular weight excluding hydrogens is 294 g/mol. The maximum Gasteiger partial charge on any atom is 0.247 e. The van der Waals surface area contributed by atoms with Gasteiger partial charge in [-0.05, 0) is 32.1 Å². The number of aromatic nitrogens is 4. The van der Waals surface area contributed by atoms with Gasteiger partial charge < -0.3 is 10.5 Å². The highest BCUT2D eigenvalue weighted by atomic mass is 16.5. The molecule has 2 N–H and O–H groups in total. The highest BCUT2D eigenvalue weighted by Crippen LogP contribution is 2.26. The third kappa shape index (κ3) is 3.55. The van der Waals surface area contributed by atoms with E-state index in [-0.39, 0.29) is 17.8 Å². The predicted octanol–water partition coefficient (Wildman–Crippen LogP) is 2.70. The minimum atomic E-state index is -0.0395. The van der Waals surface area contributed by atoms with Crippen LogP contribution in [0.2, 0.25) is 0 Å². The van der Waals surface area contributed by atoms with Crippen LogP contribution in [-0.2, 0) is 0 Å². The zero-order chi connectivity index (χ0) is 16.2. The Morgan fingerprint density at radius 3 is 2.78 bits per heavy atom. The third-order valence-electron chi connectivity index (χ3n) is 3.99. The lowest BCUT2D eigenvalue weighted by Gasteiger charge is -2.22. The van der Waals surface area contributed by atoms with Gasteiger partial charge in [0.05, 0.1) is 6.20 Å². The molecule has 0 unspecified atom stereocenters. The number of hydrogen-bond acceptors (Lipinski definition) is 7. The number of nitrogens with two attached hydrogens (primary N) is 1. The molecule has 1 saturated carbocycles. The molecular formula is C16H21N5O2. The summed E-state index contributed by atoms with van der Waals surface area (Å²) in [7, 11) is 0. The number of anilines is 1. The van der Waals surface area contributed by atoms with Crippen LogP contribution in [-0.4, -0.2) is 31.8 Å². The molecule has 0 spiro atoms. The normalized spacial score (nSPS) is 15.7. The molecule has 2 aromatic heterocycles. The van der Waals surface area contributed by atoms with Gasteiger partial charge in [0.15, 0.2) is 16.9 Å². The molecule has 0 atom stereocenters. The second kappa shape index (κ2) is 6.85. The standard InChI is InChI=1S/C16H21N5O2/c1-2-6-12(22)11-9-18-14-13(19-11)15(21-16(17)20-14)23-10-7-4-3-5-8-10/h9-10H,2-8H2,1H3,(H2,17,18,20,21). The quantitative estimate of drug-likeness (QED) is 0.846. The Morgan fingerprint density at radius 2 is 2.04 bits per heavy atom. The Morgan fingerprint density at radius 1 is 1.26 bits per heavy atom. The molecule has 0 saturated heterocycles. The maximum atomic E-state index is 12.0. The van der Waals surface area contributed by atoms with Crippen LogP contribution < -0.4 is 10.5 Å². The van der Waals surface area contributed by atoms with E-state index in [2.05, 4.69) is 19.9 Å². The van der Waals surface area contributed by atoms with Gasteiger partial charge >= 0.3 is 0 Å². The molecule has 3 rings (SSSR count). The van der Waals surface area contributed by atoms with Crippen LogP contribution in [0.4, 0.5) is 5.95 Å². The van der Waals surface area contributed by atoms with E-state index in [1.807, 2.05) is 6.92 Å². The summed E-state index contributed by atoms with van der Waals surface area (Å²) in [5.41, 5.74) is 6.83. The van der Waals surface area contributed by atoms with Crippen LogP contribution in [0.1, 0.15) is 62.4 Å². The van der Waals surface area contributed by atoms with E-state index in [4.69, 9.17) is 10.5 Å². The van der Waals surface area contributed by atoms with E-state index < -0.39 is 0 Å². The number of ketones is 1. The van der Waals surface area contributed by atoms with Gasteiger partial charge in [-0.25, -0.2) is 9.97 Å². The van der Waals surface area contributed by atoms with Crippen molar-refractivity contribution in [3.63, 3.8) is 0 Å². The van der Waals surface area contributed by atoms with E-state index >= 15 is 0 Å². The summed E-state index contributed by atoms with van der Waals surface area (Å²) < 4.78 is 6.00. The fourth-order valence-electron chi connectivity index (χ4n) is 2.81. The Kier molecular flexibility index (Phi) is 4.64. The van der Waals surface area contributed by atoms with Crippen LogP contribution in [0.25, 0.3) is 11.2 Å². The van der Waals surface area contributed by atoms with Crippen molar-refractivity contribution in [3.8, 4) is 5.88 Å². The molecule has 7 nitrogen and oxygen atoms in total. The lowest BCUT2D eigenvalue weighted by atomic mass is 9.98. The van der Waals surface area contributed by atoms with E-state index in [1.165, 1.54) is 12.6 Å². The van der Waals surface area contributed by atoms with Crippen molar-refractivity contribution in [2.75, 3.05) is 5.73 Å². The van der Waals surface area contributed by atoms with E-state index in [0.29, 0.717) is 29.2 Å². The zero-order valence-electron chi connectivity index (χ0n) is 13.3. The fourth-order valence-corrected chi connectivity index (χ4v) is 2.81. The fraction of sp³-hybridized carbons (Fsp3) is 0.562. The van der Waals surface area contributed by atoms with E-state index in [0.717, 1.165) is 32.1 Å². The minimum Gasteiger partial charge on any atom is -0.473 e. The molecule has 2 heterocycles. The smallest absolute Gasteiger partial charge is 0.247 e. The van der Waals surface area contributed by atoms with Crippen molar-refractivity contribution in [1.29, 1.82) is 0 Å². The van der Waals surface area contributed by atoms with Gasteiger partial charge in [-0.15, -0.1) is 0 Å². The predicted molar refractivity (Wildman–Crippen MR) is 86.3 cm³/mol. The summed E-state index contributed by atoms with van der Waals surface area (Å²) in [6.07, 6.45) is 8.28. The number of nitrogen functional groups attached to an aromatic ring is 1. The van der Waals surface area contributed by atoms with Crippen molar-refractivity contribution in [2.45, 2.75) is 58.0 Å². The largest absolute Gasteiger partial charge is 0.473 e. The van der Waals surface area contributed by atoms with Crippen LogP contribution in [0.5, 0.6) is 5.88 Å². The van der Waals surface area contributed by atoms with Gasteiger partial charge in [0, 0.05) is 6.42 Å². The zero-order valence-corrected chi connectivity index (χ0v) is 13.3. The first kappa shape index (κ1) is 15.6. The lowest BCUT2D eigenvalue weighted by Crippen LogP contribution is -2.21. The van der Waals surface area contributed by atoms with E-state index in [1.54, 1.807) is 0 Å². The van der Waals surface area contributed by atoms with Crippen LogP contribution in [0.3, 0.4) is 0 Å². The average Bonchev–Trinajstić information content (AvgIpc) is 2.55. The molecule has 0 radical (unpaired) electrons. The van der Waals surface area contributed by atoms with Gasteiger partial charge in [-0.1, -0.05) is 13.3 Å². The summed E-state index contributed by atoms with van der Waals surface area (Å²) in [6.45, 7) is 1.95. The summed E-state index contributed by atoms with van der Waals surface area (Å²) in [6, 6.07) is 0. The molecule has 0 bridgehead atoms. The van der Waals surface area contributed by atoms with Crippen molar-refractivity contribution >= 4 is 22.9 Å². The topological polar surface area (TPSA) is 104 Å². The summed E-state index contributed by atoms with van der Waals surface area (Å²) in [5, 5.41) is 0. The van der Waals surface area contributed by atoms with E-state index in [9.17, 15) is 4.79 Å². The number of carbonyl (C=O) groups is 1. The van der Waals surface area contributed by atoms with Crippen LogP contribution in [0.15, 0.2) is 6.20 Å². The first-order valence-electron chi connectivity index (χ1n) is 8.17. The molecule has 0 aliphatic heterocycles. The first-order valence-corrected chi connectivity index (χ1v) is 8.17. The molecule has 1 fully saturated rings.